The molecule has 1 atom stereocenters. The summed E-state index contributed by atoms with van der Waals surface area (Å²) in [5.74, 6) is -1.25. The number of hydrogen-bond donors (Lipinski definition) is 0. The van der Waals surface area contributed by atoms with Crippen molar-refractivity contribution in [1.82, 2.24) is 0 Å². The quantitative estimate of drug-likeness (QED) is 0.667. The van der Waals surface area contributed by atoms with Gasteiger partial charge in [-0.1, -0.05) is 52.3 Å². The van der Waals surface area contributed by atoms with E-state index >= 15 is 0 Å². The lowest BCUT2D eigenvalue weighted by atomic mass is 9.92. The fourth-order valence-electron chi connectivity index (χ4n) is 2.35. The Morgan fingerprint density at radius 3 is 2.30 bits per heavy atom. The molecular formula is C17H17BrF2. The molecule has 0 saturated heterocycles. The van der Waals surface area contributed by atoms with Gasteiger partial charge in [-0.25, -0.2) is 8.78 Å². The molecule has 0 radical (unpaired) electrons. The standard InChI is InChI=1S/C17H17BrF2/c1-12-5-2-3-6-14(12)9-13(11-18)10-15-7-4-8-16(19)17(15)20/h2-8,13H,9-11H2,1H3. The van der Waals surface area contributed by atoms with Crippen LogP contribution < -0.4 is 0 Å². The first-order chi connectivity index (χ1) is 9.61. The van der Waals surface area contributed by atoms with E-state index in [9.17, 15) is 8.78 Å². The molecule has 0 heterocycles. The molecule has 0 aliphatic carbocycles. The molecule has 2 rings (SSSR count). The average molecular weight is 339 g/mol. The molecule has 0 bridgehead atoms. The molecule has 3 heteroatoms. The molecule has 1 unspecified atom stereocenters. The van der Waals surface area contributed by atoms with E-state index in [1.54, 1.807) is 12.1 Å². The van der Waals surface area contributed by atoms with E-state index in [1.165, 1.54) is 11.1 Å². The van der Waals surface area contributed by atoms with E-state index in [4.69, 9.17) is 0 Å². The summed E-state index contributed by atoms with van der Waals surface area (Å²) in [5, 5.41) is 0.761. The van der Waals surface area contributed by atoms with Gasteiger partial charge in [-0.15, -0.1) is 0 Å². The van der Waals surface area contributed by atoms with E-state index in [2.05, 4.69) is 35.0 Å². The number of alkyl halides is 1. The Balaban J connectivity index is 2.14. The molecule has 2 aromatic rings. The summed E-state index contributed by atoms with van der Waals surface area (Å²) >= 11 is 3.48. The normalized spacial score (nSPS) is 12.4. The lowest BCUT2D eigenvalue weighted by Crippen LogP contribution is -2.12. The van der Waals surface area contributed by atoms with Gasteiger partial charge in [-0.3, -0.25) is 0 Å². The van der Waals surface area contributed by atoms with Crippen LogP contribution in [0.2, 0.25) is 0 Å². The van der Waals surface area contributed by atoms with Gasteiger partial charge in [0.2, 0.25) is 0 Å². The van der Waals surface area contributed by atoms with Gasteiger partial charge in [0.1, 0.15) is 0 Å². The molecule has 0 saturated carbocycles. The van der Waals surface area contributed by atoms with Crippen LogP contribution in [-0.4, -0.2) is 5.33 Å². The van der Waals surface area contributed by atoms with E-state index in [-0.39, 0.29) is 5.92 Å². The van der Waals surface area contributed by atoms with Gasteiger partial charge < -0.3 is 0 Å². The maximum atomic E-state index is 13.7. The van der Waals surface area contributed by atoms with Gasteiger partial charge in [0.05, 0.1) is 0 Å². The third-order valence-corrected chi connectivity index (χ3v) is 4.44. The first kappa shape index (κ1) is 15.2. The first-order valence-corrected chi connectivity index (χ1v) is 7.77. The van der Waals surface area contributed by atoms with E-state index in [0.29, 0.717) is 12.0 Å². The molecule has 0 N–H and O–H groups in total. The Bertz CT molecular complexity index is 581. The molecule has 0 amide bonds. The minimum Gasteiger partial charge on any atom is -0.204 e. The second-order valence-electron chi connectivity index (χ2n) is 5.07. The van der Waals surface area contributed by atoms with Crippen molar-refractivity contribution >= 4 is 15.9 Å². The van der Waals surface area contributed by atoms with Gasteiger partial charge >= 0.3 is 0 Å². The highest BCUT2D eigenvalue weighted by atomic mass is 79.9. The fourth-order valence-corrected chi connectivity index (χ4v) is 2.81. The highest BCUT2D eigenvalue weighted by Gasteiger charge is 2.15. The molecule has 0 nitrogen and oxygen atoms in total. The van der Waals surface area contributed by atoms with Crippen molar-refractivity contribution in [3.05, 3.63) is 70.8 Å². The van der Waals surface area contributed by atoms with E-state index in [1.807, 2.05) is 12.1 Å². The van der Waals surface area contributed by atoms with Crippen LogP contribution in [0.1, 0.15) is 16.7 Å². The lowest BCUT2D eigenvalue weighted by Gasteiger charge is -2.16. The summed E-state index contributed by atoms with van der Waals surface area (Å²) in [5.41, 5.74) is 2.94. The van der Waals surface area contributed by atoms with Gasteiger partial charge in [0, 0.05) is 5.33 Å². The van der Waals surface area contributed by atoms with Crippen LogP contribution in [-0.2, 0) is 12.8 Å². The Morgan fingerprint density at radius 2 is 1.60 bits per heavy atom. The molecule has 0 aliphatic rings. The molecule has 106 valence electrons. The molecule has 20 heavy (non-hydrogen) atoms. The van der Waals surface area contributed by atoms with Crippen LogP contribution >= 0.6 is 15.9 Å². The van der Waals surface area contributed by atoms with Crippen LogP contribution in [0.15, 0.2) is 42.5 Å². The minimum absolute atomic E-state index is 0.243. The third-order valence-electron chi connectivity index (χ3n) is 3.53. The molecular weight excluding hydrogens is 322 g/mol. The second kappa shape index (κ2) is 6.98. The van der Waals surface area contributed by atoms with Gasteiger partial charge in [-0.2, -0.15) is 0 Å². The molecule has 0 fully saturated rings. The Hall–Kier alpha value is -1.22. The predicted molar refractivity (Wildman–Crippen MR) is 82.2 cm³/mol. The first-order valence-electron chi connectivity index (χ1n) is 6.65. The van der Waals surface area contributed by atoms with Crippen LogP contribution in [0.5, 0.6) is 0 Å². The van der Waals surface area contributed by atoms with E-state index < -0.39 is 11.6 Å². The summed E-state index contributed by atoms with van der Waals surface area (Å²) < 4.78 is 27.0. The summed E-state index contributed by atoms with van der Waals surface area (Å²) in [7, 11) is 0. The van der Waals surface area contributed by atoms with Crippen molar-refractivity contribution in [3.8, 4) is 0 Å². The summed E-state index contributed by atoms with van der Waals surface area (Å²) in [4.78, 5) is 0. The number of benzene rings is 2. The lowest BCUT2D eigenvalue weighted by molar-refractivity contribution is 0.484. The van der Waals surface area contributed by atoms with Crippen molar-refractivity contribution in [2.24, 2.45) is 5.92 Å². The van der Waals surface area contributed by atoms with Gasteiger partial charge in [-0.05, 0) is 48.4 Å². The highest BCUT2D eigenvalue weighted by Crippen LogP contribution is 2.21. The SMILES string of the molecule is Cc1ccccc1CC(CBr)Cc1cccc(F)c1F. The zero-order valence-corrected chi connectivity index (χ0v) is 13.0. The number of aryl methyl sites for hydroxylation is 1. The van der Waals surface area contributed by atoms with Crippen molar-refractivity contribution in [2.75, 3.05) is 5.33 Å². The summed E-state index contributed by atoms with van der Waals surface area (Å²) in [6.45, 7) is 2.07. The van der Waals surface area contributed by atoms with Crippen molar-refractivity contribution < 1.29 is 8.78 Å². The molecule has 0 aromatic heterocycles. The van der Waals surface area contributed by atoms with Crippen molar-refractivity contribution in [1.29, 1.82) is 0 Å². The third kappa shape index (κ3) is 3.66. The maximum absolute atomic E-state index is 13.7. The average Bonchev–Trinajstić information content (AvgIpc) is 2.45. The fraction of sp³-hybridized carbons (Fsp3) is 0.294. The summed E-state index contributed by atoms with van der Waals surface area (Å²) in [6, 6.07) is 12.6. The Morgan fingerprint density at radius 1 is 0.950 bits per heavy atom. The molecule has 0 spiro atoms. The van der Waals surface area contributed by atoms with Crippen LogP contribution in [0.3, 0.4) is 0 Å². The largest absolute Gasteiger partial charge is 0.204 e. The molecule has 2 aromatic carbocycles. The number of halogens is 3. The topological polar surface area (TPSA) is 0 Å². The Labute approximate surface area is 127 Å². The van der Waals surface area contributed by atoms with Crippen LogP contribution in [0, 0.1) is 24.5 Å². The summed E-state index contributed by atoms with van der Waals surface area (Å²) in [6.07, 6.45) is 1.39. The van der Waals surface area contributed by atoms with E-state index in [0.717, 1.165) is 17.8 Å². The van der Waals surface area contributed by atoms with Crippen molar-refractivity contribution in [3.63, 3.8) is 0 Å². The predicted octanol–water partition coefficient (Wildman–Crippen LogP) is 5.07. The van der Waals surface area contributed by atoms with Crippen LogP contribution in [0.25, 0.3) is 0 Å². The van der Waals surface area contributed by atoms with Crippen molar-refractivity contribution in [2.45, 2.75) is 19.8 Å². The maximum Gasteiger partial charge on any atom is 0.162 e. The number of rotatable bonds is 5. The monoisotopic (exact) mass is 338 g/mol. The van der Waals surface area contributed by atoms with Gasteiger partial charge in [0.15, 0.2) is 11.6 Å². The van der Waals surface area contributed by atoms with Gasteiger partial charge in [0.25, 0.3) is 0 Å². The zero-order chi connectivity index (χ0) is 14.5. The van der Waals surface area contributed by atoms with Crippen LogP contribution in [0.4, 0.5) is 8.78 Å². The smallest absolute Gasteiger partial charge is 0.162 e. The zero-order valence-electron chi connectivity index (χ0n) is 11.4. The second-order valence-corrected chi connectivity index (χ2v) is 5.72. The number of hydrogen-bond acceptors (Lipinski definition) is 0. The Kier molecular flexibility index (Phi) is 5.30. The molecule has 0 aliphatic heterocycles. The highest BCUT2D eigenvalue weighted by molar-refractivity contribution is 9.09. The minimum atomic E-state index is -0.772.